The molecule has 0 spiro atoms. The predicted octanol–water partition coefficient (Wildman–Crippen LogP) is 3.74. The number of aryl methyl sites for hydroxylation is 2. The van der Waals surface area contributed by atoms with E-state index in [1.807, 2.05) is 13.0 Å². The smallest absolute Gasteiger partial charge is 0.262 e. The van der Waals surface area contributed by atoms with E-state index in [4.69, 9.17) is 4.74 Å². The van der Waals surface area contributed by atoms with E-state index >= 15 is 0 Å². The lowest BCUT2D eigenvalue weighted by Crippen LogP contribution is -2.33. The van der Waals surface area contributed by atoms with Crippen LogP contribution in [0.2, 0.25) is 0 Å². The van der Waals surface area contributed by atoms with Crippen molar-refractivity contribution in [2.24, 2.45) is 5.92 Å². The molecule has 0 amide bonds. The summed E-state index contributed by atoms with van der Waals surface area (Å²) in [6, 6.07) is 7.01. The summed E-state index contributed by atoms with van der Waals surface area (Å²) < 4.78 is 33.5. The highest BCUT2D eigenvalue weighted by molar-refractivity contribution is 7.92. The van der Waals surface area contributed by atoms with E-state index < -0.39 is 10.0 Å². The van der Waals surface area contributed by atoms with Gasteiger partial charge in [0.25, 0.3) is 10.0 Å². The molecule has 0 atom stereocenters. The van der Waals surface area contributed by atoms with Crippen LogP contribution >= 0.6 is 0 Å². The lowest BCUT2D eigenvalue weighted by atomic mass is 9.99. The molecule has 7 heteroatoms. The van der Waals surface area contributed by atoms with Crippen molar-refractivity contribution in [3.63, 3.8) is 0 Å². The van der Waals surface area contributed by atoms with Crippen molar-refractivity contribution >= 4 is 21.5 Å². The van der Waals surface area contributed by atoms with E-state index in [1.54, 1.807) is 38.4 Å². The highest BCUT2D eigenvalue weighted by Crippen LogP contribution is 2.27. The third-order valence-electron chi connectivity index (χ3n) is 5.09. The first-order chi connectivity index (χ1) is 12.8. The lowest BCUT2D eigenvalue weighted by Gasteiger charge is -2.31. The van der Waals surface area contributed by atoms with E-state index in [9.17, 15) is 8.42 Å². The molecular formula is C20H27N3O3S. The van der Waals surface area contributed by atoms with Crippen molar-refractivity contribution in [1.82, 2.24) is 4.98 Å². The van der Waals surface area contributed by atoms with E-state index in [0.717, 1.165) is 43.2 Å². The SMILES string of the molecule is COc1cc(C)c(S(=O)(=O)Nc2ccc(N3CCC(C)CC3)nc2)cc1C. The number of rotatable bonds is 5. The van der Waals surface area contributed by atoms with Crippen molar-refractivity contribution in [2.45, 2.75) is 38.5 Å². The first-order valence-electron chi connectivity index (χ1n) is 9.19. The van der Waals surface area contributed by atoms with E-state index in [-0.39, 0.29) is 4.90 Å². The molecule has 0 aliphatic carbocycles. The molecule has 1 saturated heterocycles. The van der Waals surface area contributed by atoms with Crippen molar-refractivity contribution < 1.29 is 13.2 Å². The summed E-state index contributed by atoms with van der Waals surface area (Å²) in [5.41, 5.74) is 1.87. The first-order valence-corrected chi connectivity index (χ1v) is 10.7. The number of piperidine rings is 1. The summed E-state index contributed by atoms with van der Waals surface area (Å²) in [4.78, 5) is 6.94. The van der Waals surface area contributed by atoms with Gasteiger partial charge in [0.1, 0.15) is 11.6 Å². The van der Waals surface area contributed by atoms with Gasteiger partial charge in [-0.05, 0) is 68.0 Å². The Labute approximate surface area is 161 Å². The molecule has 0 radical (unpaired) electrons. The van der Waals surface area contributed by atoms with Crippen LogP contribution in [0.4, 0.5) is 11.5 Å². The molecule has 1 fully saturated rings. The van der Waals surface area contributed by atoms with Crippen LogP contribution < -0.4 is 14.4 Å². The molecule has 1 aliphatic heterocycles. The summed E-state index contributed by atoms with van der Waals surface area (Å²) in [6.45, 7) is 7.83. The van der Waals surface area contributed by atoms with Crippen LogP contribution in [0.15, 0.2) is 35.4 Å². The molecule has 146 valence electrons. The van der Waals surface area contributed by atoms with E-state index in [2.05, 4.69) is 21.5 Å². The summed E-state index contributed by atoms with van der Waals surface area (Å²) in [6.07, 6.45) is 3.90. The molecule has 2 aromatic rings. The minimum atomic E-state index is -3.70. The van der Waals surface area contributed by atoms with Crippen LogP contribution in [0.3, 0.4) is 0 Å². The predicted molar refractivity (Wildman–Crippen MR) is 108 cm³/mol. The summed E-state index contributed by atoms with van der Waals surface area (Å²) >= 11 is 0. The minimum Gasteiger partial charge on any atom is -0.496 e. The first kappa shape index (κ1) is 19.5. The number of benzene rings is 1. The number of aromatic nitrogens is 1. The quantitative estimate of drug-likeness (QED) is 0.843. The second-order valence-electron chi connectivity index (χ2n) is 7.27. The molecule has 1 aromatic carbocycles. The van der Waals surface area contributed by atoms with Gasteiger partial charge in [0, 0.05) is 13.1 Å². The monoisotopic (exact) mass is 389 g/mol. The fourth-order valence-electron chi connectivity index (χ4n) is 3.35. The van der Waals surface area contributed by atoms with Crippen LogP contribution in [0, 0.1) is 19.8 Å². The van der Waals surface area contributed by atoms with Gasteiger partial charge in [0.05, 0.1) is 23.9 Å². The maximum atomic E-state index is 12.8. The topological polar surface area (TPSA) is 71.5 Å². The molecule has 6 nitrogen and oxygen atoms in total. The molecule has 0 unspecified atom stereocenters. The average Bonchev–Trinajstić information content (AvgIpc) is 2.64. The van der Waals surface area contributed by atoms with Gasteiger partial charge < -0.3 is 9.64 Å². The third kappa shape index (κ3) is 4.35. The van der Waals surface area contributed by atoms with Crippen LogP contribution in [0.5, 0.6) is 5.75 Å². The Bertz CT molecular complexity index is 903. The molecule has 27 heavy (non-hydrogen) atoms. The van der Waals surface area contributed by atoms with Crippen LogP contribution in [-0.4, -0.2) is 33.6 Å². The highest BCUT2D eigenvalue weighted by atomic mass is 32.2. The molecule has 1 aliphatic rings. The van der Waals surface area contributed by atoms with Gasteiger partial charge in [-0.15, -0.1) is 0 Å². The van der Waals surface area contributed by atoms with Crippen LogP contribution in [0.25, 0.3) is 0 Å². The number of nitrogens with zero attached hydrogens (tertiary/aromatic N) is 2. The number of methoxy groups -OCH3 is 1. The molecule has 1 N–H and O–H groups in total. The van der Waals surface area contributed by atoms with Crippen molar-refractivity contribution in [3.05, 3.63) is 41.6 Å². The Kier molecular flexibility index (Phi) is 5.60. The largest absolute Gasteiger partial charge is 0.496 e. The minimum absolute atomic E-state index is 0.245. The number of hydrogen-bond donors (Lipinski definition) is 1. The summed E-state index contributed by atoms with van der Waals surface area (Å²) in [5, 5.41) is 0. The summed E-state index contributed by atoms with van der Waals surface area (Å²) in [7, 11) is -2.12. The molecule has 2 heterocycles. The lowest BCUT2D eigenvalue weighted by molar-refractivity contribution is 0.411. The maximum absolute atomic E-state index is 12.8. The van der Waals surface area contributed by atoms with Gasteiger partial charge in [-0.1, -0.05) is 6.92 Å². The Morgan fingerprint density at radius 3 is 2.44 bits per heavy atom. The number of pyridine rings is 1. The Morgan fingerprint density at radius 1 is 1.15 bits per heavy atom. The van der Waals surface area contributed by atoms with Gasteiger partial charge >= 0.3 is 0 Å². The van der Waals surface area contributed by atoms with Gasteiger partial charge in [-0.2, -0.15) is 0 Å². The second-order valence-corrected chi connectivity index (χ2v) is 8.92. The molecule has 0 bridgehead atoms. The van der Waals surface area contributed by atoms with Gasteiger partial charge in [-0.25, -0.2) is 13.4 Å². The average molecular weight is 390 g/mol. The zero-order valence-electron chi connectivity index (χ0n) is 16.3. The van der Waals surface area contributed by atoms with Crippen LogP contribution in [0.1, 0.15) is 30.9 Å². The number of sulfonamides is 1. The highest BCUT2D eigenvalue weighted by Gasteiger charge is 2.20. The van der Waals surface area contributed by atoms with E-state index in [1.165, 1.54) is 0 Å². The maximum Gasteiger partial charge on any atom is 0.262 e. The fraction of sp³-hybridized carbons (Fsp3) is 0.450. The van der Waals surface area contributed by atoms with Gasteiger partial charge in [0.15, 0.2) is 0 Å². The standard InChI is InChI=1S/C20H27N3O3S/c1-14-7-9-23(10-8-14)20-6-5-17(13-21-20)22-27(24,25)19-12-15(2)18(26-4)11-16(19)3/h5-6,11-14,22H,7-10H2,1-4H3. The van der Waals surface area contributed by atoms with Crippen molar-refractivity contribution in [3.8, 4) is 5.75 Å². The normalized spacial score (nSPS) is 15.6. The summed E-state index contributed by atoms with van der Waals surface area (Å²) in [5.74, 6) is 2.32. The Balaban J connectivity index is 1.77. The number of anilines is 2. The molecular weight excluding hydrogens is 362 g/mol. The number of ether oxygens (including phenoxy) is 1. The Morgan fingerprint density at radius 2 is 1.85 bits per heavy atom. The fourth-order valence-corrected chi connectivity index (χ4v) is 4.71. The number of nitrogens with one attached hydrogen (secondary N) is 1. The van der Waals surface area contributed by atoms with Crippen molar-refractivity contribution in [1.29, 1.82) is 0 Å². The van der Waals surface area contributed by atoms with Gasteiger partial charge in [0.2, 0.25) is 0 Å². The third-order valence-corrected chi connectivity index (χ3v) is 6.61. The Hall–Kier alpha value is -2.28. The molecule has 1 aromatic heterocycles. The molecule has 0 saturated carbocycles. The van der Waals surface area contributed by atoms with Gasteiger partial charge in [-0.3, -0.25) is 4.72 Å². The zero-order chi connectivity index (χ0) is 19.6. The van der Waals surface area contributed by atoms with Crippen LogP contribution in [-0.2, 0) is 10.0 Å². The number of hydrogen-bond acceptors (Lipinski definition) is 5. The van der Waals surface area contributed by atoms with Crippen molar-refractivity contribution in [2.75, 3.05) is 29.8 Å². The molecule has 3 rings (SSSR count). The van der Waals surface area contributed by atoms with E-state index in [0.29, 0.717) is 17.0 Å². The zero-order valence-corrected chi connectivity index (χ0v) is 17.1. The second kappa shape index (κ2) is 7.76.